The maximum absolute atomic E-state index is 5.73. The first-order valence-corrected chi connectivity index (χ1v) is 7.67. The van der Waals surface area contributed by atoms with Crippen molar-refractivity contribution in [3.05, 3.63) is 32.5 Å². The third-order valence-corrected chi connectivity index (χ3v) is 4.63. The van der Waals surface area contributed by atoms with Crippen LogP contribution in [0.25, 0.3) is 10.9 Å². The van der Waals surface area contributed by atoms with Gasteiger partial charge in [0.15, 0.2) is 0 Å². The third kappa shape index (κ3) is 2.43. The monoisotopic (exact) mass is 356 g/mol. The van der Waals surface area contributed by atoms with Crippen LogP contribution in [-0.4, -0.2) is 11.5 Å². The highest BCUT2D eigenvalue weighted by atomic mass is 127. The molecule has 2 nitrogen and oxygen atoms in total. The molecule has 0 aliphatic heterocycles. The fourth-order valence-corrected chi connectivity index (χ4v) is 3.23. The van der Waals surface area contributed by atoms with Crippen LogP contribution < -0.4 is 5.73 Å². The maximum atomic E-state index is 5.73. The highest BCUT2D eigenvalue weighted by Gasteiger charge is 2.13. The lowest BCUT2D eigenvalue weighted by Crippen LogP contribution is -2.03. The Bertz CT molecular complexity index is 557. The van der Waals surface area contributed by atoms with Crippen LogP contribution >= 0.6 is 22.6 Å². The van der Waals surface area contributed by atoms with Crippen LogP contribution in [0.3, 0.4) is 0 Å². The second-order valence-corrected chi connectivity index (χ2v) is 6.16. The van der Waals surface area contributed by atoms with E-state index in [-0.39, 0.29) is 0 Å². The molecule has 0 amide bonds. The van der Waals surface area contributed by atoms with Crippen molar-refractivity contribution in [2.24, 2.45) is 5.73 Å². The summed E-state index contributed by atoms with van der Waals surface area (Å²) in [7, 11) is 0. The zero-order valence-corrected chi connectivity index (χ0v) is 13.5. The predicted octanol–water partition coefficient (Wildman–Crippen LogP) is 4.10. The number of nitrogens with two attached hydrogens (primary N) is 1. The lowest BCUT2D eigenvalue weighted by Gasteiger charge is -2.10. The molecule has 0 spiro atoms. The standard InChI is InChI=1S/C15H21IN2/c1-4-9(2)11-7-13-12(5-6-17)10(3)18-15(13)14(16)8-11/h7-9,18H,4-6,17H2,1-3H3. The number of H-pyrrole nitrogens is 1. The van der Waals surface area contributed by atoms with E-state index in [0.717, 1.165) is 6.42 Å². The van der Waals surface area contributed by atoms with E-state index in [1.807, 2.05) is 0 Å². The molecule has 2 rings (SSSR count). The van der Waals surface area contributed by atoms with E-state index in [1.54, 1.807) is 0 Å². The summed E-state index contributed by atoms with van der Waals surface area (Å²) in [6.07, 6.45) is 2.13. The summed E-state index contributed by atoms with van der Waals surface area (Å²) in [5.41, 5.74) is 11.1. The van der Waals surface area contributed by atoms with Crippen LogP contribution in [0.15, 0.2) is 12.1 Å². The SMILES string of the molecule is CCC(C)c1cc(I)c2[nH]c(C)c(CCN)c2c1. The molecule has 18 heavy (non-hydrogen) atoms. The number of aromatic amines is 1. The van der Waals surface area contributed by atoms with Gasteiger partial charge in [-0.25, -0.2) is 0 Å². The molecule has 2 aromatic rings. The van der Waals surface area contributed by atoms with Crippen molar-refractivity contribution < 1.29 is 0 Å². The highest BCUT2D eigenvalue weighted by molar-refractivity contribution is 14.1. The molecule has 0 bridgehead atoms. The van der Waals surface area contributed by atoms with Gasteiger partial charge < -0.3 is 10.7 Å². The van der Waals surface area contributed by atoms with Gasteiger partial charge in [-0.15, -0.1) is 0 Å². The van der Waals surface area contributed by atoms with Crippen LogP contribution in [-0.2, 0) is 6.42 Å². The van der Waals surface area contributed by atoms with E-state index < -0.39 is 0 Å². The molecule has 0 saturated carbocycles. The van der Waals surface area contributed by atoms with E-state index in [9.17, 15) is 0 Å². The van der Waals surface area contributed by atoms with Crippen molar-refractivity contribution in [3.8, 4) is 0 Å². The molecule has 0 fully saturated rings. The number of aromatic nitrogens is 1. The molecule has 1 aromatic heterocycles. The Hall–Kier alpha value is -0.550. The molecule has 0 saturated heterocycles. The van der Waals surface area contributed by atoms with Crippen LogP contribution in [0.4, 0.5) is 0 Å². The molecular weight excluding hydrogens is 335 g/mol. The second-order valence-electron chi connectivity index (χ2n) is 5.00. The Labute approximate surface area is 122 Å². The van der Waals surface area contributed by atoms with E-state index in [0.29, 0.717) is 12.5 Å². The van der Waals surface area contributed by atoms with Gasteiger partial charge in [0, 0.05) is 14.7 Å². The Morgan fingerprint density at radius 2 is 2.11 bits per heavy atom. The zero-order chi connectivity index (χ0) is 13.3. The average molecular weight is 356 g/mol. The van der Waals surface area contributed by atoms with Gasteiger partial charge in [0.25, 0.3) is 0 Å². The number of hydrogen-bond acceptors (Lipinski definition) is 1. The van der Waals surface area contributed by atoms with Crippen molar-refractivity contribution in [2.75, 3.05) is 6.54 Å². The summed E-state index contributed by atoms with van der Waals surface area (Å²) >= 11 is 2.43. The molecule has 3 heteroatoms. The molecule has 1 aromatic carbocycles. The quantitative estimate of drug-likeness (QED) is 0.796. The van der Waals surface area contributed by atoms with Gasteiger partial charge in [0.05, 0.1) is 5.52 Å². The van der Waals surface area contributed by atoms with Gasteiger partial charge in [-0.2, -0.15) is 0 Å². The van der Waals surface area contributed by atoms with Gasteiger partial charge in [-0.05, 0) is 78.1 Å². The number of hydrogen-bond donors (Lipinski definition) is 2. The van der Waals surface area contributed by atoms with Crippen molar-refractivity contribution in [1.82, 2.24) is 4.98 Å². The Kier molecular flexibility index (Phi) is 4.33. The smallest absolute Gasteiger partial charge is 0.0594 e. The van der Waals surface area contributed by atoms with Gasteiger partial charge in [0.1, 0.15) is 0 Å². The molecule has 1 atom stereocenters. The van der Waals surface area contributed by atoms with Crippen LogP contribution in [0.5, 0.6) is 0 Å². The number of aryl methyl sites for hydroxylation is 1. The van der Waals surface area contributed by atoms with Gasteiger partial charge >= 0.3 is 0 Å². The van der Waals surface area contributed by atoms with Gasteiger partial charge in [-0.3, -0.25) is 0 Å². The minimum Gasteiger partial charge on any atom is -0.358 e. The molecule has 0 radical (unpaired) electrons. The highest BCUT2D eigenvalue weighted by Crippen LogP contribution is 2.31. The summed E-state index contributed by atoms with van der Waals surface area (Å²) < 4.78 is 1.31. The molecule has 1 heterocycles. The number of nitrogens with one attached hydrogen (secondary N) is 1. The summed E-state index contributed by atoms with van der Waals surface area (Å²) in [4.78, 5) is 3.50. The fraction of sp³-hybridized carbons (Fsp3) is 0.467. The first-order chi connectivity index (χ1) is 8.58. The molecule has 0 aliphatic rings. The average Bonchev–Trinajstić information content (AvgIpc) is 2.67. The Balaban J connectivity index is 2.64. The zero-order valence-electron chi connectivity index (χ0n) is 11.3. The van der Waals surface area contributed by atoms with Gasteiger partial charge in [0.2, 0.25) is 0 Å². The summed E-state index contributed by atoms with van der Waals surface area (Å²) in [5.74, 6) is 0.615. The first kappa shape index (κ1) is 13.9. The minimum atomic E-state index is 0.615. The summed E-state index contributed by atoms with van der Waals surface area (Å²) in [5, 5.41) is 1.36. The summed E-state index contributed by atoms with van der Waals surface area (Å²) in [6.45, 7) is 7.38. The Morgan fingerprint density at radius 3 is 2.72 bits per heavy atom. The molecular formula is C15H21IN2. The van der Waals surface area contributed by atoms with Crippen molar-refractivity contribution in [1.29, 1.82) is 0 Å². The molecule has 1 unspecified atom stereocenters. The molecule has 0 aliphatic carbocycles. The normalized spacial score (nSPS) is 13.2. The summed E-state index contributed by atoms with van der Waals surface area (Å²) in [6, 6.07) is 4.65. The van der Waals surface area contributed by atoms with E-state index in [2.05, 4.69) is 60.5 Å². The van der Waals surface area contributed by atoms with Crippen LogP contribution in [0, 0.1) is 10.5 Å². The molecule has 3 N–H and O–H groups in total. The minimum absolute atomic E-state index is 0.615. The number of halogens is 1. The number of rotatable bonds is 4. The topological polar surface area (TPSA) is 41.8 Å². The van der Waals surface area contributed by atoms with E-state index >= 15 is 0 Å². The van der Waals surface area contributed by atoms with Crippen molar-refractivity contribution in [2.45, 2.75) is 39.5 Å². The molecule has 98 valence electrons. The third-order valence-electron chi connectivity index (χ3n) is 3.78. The number of benzene rings is 1. The lowest BCUT2D eigenvalue weighted by atomic mass is 9.96. The fourth-order valence-electron chi connectivity index (χ4n) is 2.44. The van der Waals surface area contributed by atoms with Crippen LogP contribution in [0.2, 0.25) is 0 Å². The maximum Gasteiger partial charge on any atom is 0.0594 e. The van der Waals surface area contributed by atoms with Crippen LogP contribution in [0.1, 0.15) is 43.0 Å². The first-order valence-electron chi connectivity index (χ1n) is 6.59. The van der Waals surface area contributed by atoms with E-state index in [4.69, 9.17) is 5.73 Å². The van der Waals surface area contributed by atoms with Gasteiger partial charge in [-0.1, -0.05) is 13.8 Å². The Morgan fingerprint density at radius 1 is 1.39 bits per heavy atom. The van der Waals surface area contributed by atoms with Crippen molar-refractivity contribution in [3.63, 3.8) is 0 Å². The lowest BCUT2D eigenvalue weighted by molar-refractivity contribution is 0.734. The van der Waals surface area contributed by atoms with Crippen molar-refractivity contribution >= 4 is 33.5 Å². The predicted molar refractivity (Wildman–Crippen MR) is 87.2 cm³/mol. The second kappa shape index (κ2) is 5.61. The number of fused-ring (bicyclic) bond motifs is 1. The largest absolute Gasteiger partial charge is 0.358 e. The van der Waals surface area contributed by atoms with E-state index in [1.165, 1.54) is 37.7 Å².